The van der Waals surface area contributed by atoms with Gasteiger partial charge in [-0.15, -0.1) is 0 Å². The molecule has 0 aliphatic carbocycles. The average Bonchev–Trinajstić information content (AvgIpc) is 2.41. The monoisotopic (exact) mass is 345 g/mol. The molecule has 1 rings (SSSR count). The molecule has 0 heterocycles. The zero-order chi connectivity index (χ0) is 17.8. The number of nitrogens with zero attached hydrogens (tertiary/aromatic N) is 1. The predicted molar refractivity (Wildman–Crippen MR) is 83.5 cm³/mol. The minimum absolute atomic E-state index is 0.0108. The molecule has 1 aromatic carbocycles. The molecule has 23 heavy (non-hydrogen) atoms. The first kappa shape index (κ1) is 18.8. The molecule has 0 radical (unpaired) electrons. The van der Waals surface area contributed by atoms with Gasteiger partial charge < -0.3 is 10.4 Å². The molecule has 0 saturated heterocycles. The molecule has 0 spiro atoms. The Hall–Kier alpha value is -2.20. The third-order valence-corrected chi connectivity index (χ3v) is 4.05. The van der Waals surface area contributed by atoms with Gasteiger partial charge in [-0.05, 0) is 24.5 Å². The molecule has 0 bridgehead atoms. The molecular weight excluding hydrogens is 326 g/mol. The standard InChI is InChI=1S/C13H19N3O6S/c1-8(2)5-9(13(17)18)7-15-11-4-3-10(23(14,21)22)6-12(11)16(19)20/h3-4,6,8-9,15H,5,7H2,1-2H3,(H,17,18)(H2,14,21,22). The van der Waals surface area contributed by atoms with Crippen LogP contribution in [0.1, 0.15) is 20.3 Å². The van der Waals surface area contributed by atoms with Gasteiger partial charge in [0.25, 0.3) is 5.69 Å². The van der Waals surface area contributed by atoms with Gasteiger partial charge in [0.15, 0.2) is 0 Å². The second-order valence-electron chi connectivity index (χ2n) is 5.53. The molecule has 0 aromatic heterocycles. The number of hydrogen-bond donors (Lipinski definition) is 3. The summed E-state index contributed by atoms with van der Waals surface area (Å²) in [6.45, 7) is 3.74. The smallest absolute Gasteiger partial charge is 0.308 e. The topological polar surface area (TPSA) is 153 Å². The fourth-order valence-corrected chi connectivity index (χ4v) is 2.60. The number of primary sulfonamides is 1. The van der Waals surface area contributed by atoms with Crippen LogP contribution in [-0.4, -0.2) is 31.0 Å². The Bertz CT molecular complexity index is 702. The van der Waals surface area contributed by atoms with E-state index in [0.717, 1.165) is 12.1 Å². The van der Waals surface area contributed by atoms with Crippen LogP contribution in [-0.2, 0) is 14.8 Å². The second-order valence-corrected chi connectivity index (χ2v) is 7.09. The van der Waals surface area contributed by atoms with Gasteiger partial charge in [0, 0.05) is 12.6 Å². The Morgan fingerprint density at radius 3 is 2.48 bits per heavy atom. The van der Waals surface area contributed by atoms with Crippen molar-refractivity contribution in [2.45, 2.75) is 25.2 Å². The number of carbonyl (C=O) groups is 1. The quantitative estimate of drug-likeness (QED) is 0.475. The van der Waals surface area contributed by atoms with Crippen molar-refractivity contribution in [3.63, 3.8) is 0 Å². The lowest BCUT2D eigenvalue weighted by Gasteiger charge is -2.16. The molecule has 0 saturated carbocycles. The Morgan fingerprint density at radius 2 is 2.04 bits per heavy atom. The lowest BCUT2D eigenvalue weighted by atomic mass is 9.97. The van der Waals surface area contributed by atoms with E-state index in [0.29, 0.717) is 6.42 Å². The van der Waals surface area contributed by atoms with Crippen molar-refractivity contribution in [1.29, 1.82) is 0 Å². The average molecular weight is 345 g/mol. The van der Waals surface area contributed by atoms with Crippen LogP contribution >= 0.6 is 0 Å². The highest BCUT2D eigenvalue weighted by Gasteiger charge is 2.22. The third kappa shape index (κ3) is 5.49. The van der Waals surface area contributed by atoms with Crippen molar-refractivity contribution in [2.75, 3.05) is 11.9 Å². The highest BCUT2D eigenvalue weighted by atomic mass is 32.2. The molecule has 1 atom stereocenters. The van der Waals surface area contributed by atoms with Gasteiger partial charge in [0.05, 0.1) is 15.7 Å². The van der Waals surface area contributed by atoms with Crippen LogP contribution in [0.15, 0.2) is 23.1 Å². The predicted octanol–water partition coefficient (Wildman–Crippen LogP) is 1.40. The van der Waals surface area contributed by atoms with Crippen LogP contribution in [0.4, 0.5) is 11.4 Å². The first-order chi connectivity index (χ1) is 10.5. The van der Waals surface area contributed by atoms with Crippen LogP contribution in [0.25, 0.3) is 0 Å². The molecule has 1 unspecified atom stereocenters. The van der Waals surface area contributed by atoms with Gasteiger partial charge in [-0.2, -0.15) is 0 Å². The van der Waals surface area contributed by atoms with Gasteiger partial charge in [-0.25, -0.2) is 13.6 Å². The van der Waals surface area contributed by atoms with E-state index in [1.165, 1.54) is 6.07 Å². The first-order valence-corrected chi connectivity index (χ1v) is 8.35. The first-order valence-electron chi connectivity index (χ1n) is 6.80. The summed E-state index contributed by atoms with van der Waals surface area (Å²) in [5.74, 6) is -1.57. The van der Waals surface area contributed by atoms with Gasteiger partial charge in [0.1, 0.15) is 5.69 Å². The zero-order valence-corrected chi connectivity index (χ0v) is 13.5. The molecular formula is C13H19N3O6S. The largest absolute Gasteiger partial charge is 0.481 e. The summed E-state index contributed by atoms with van der Waals surface area (Å²) in [6.07, 6.45) is 0.408. The second kappa shape index (κ2) is 7.38. The summed E-state index contributed by atoms with van der Waals surface area (Å²) in [6, 6.07) is 3.17. The fraction of sp³-hybridized carbons (Fsp3) is 0.462. The molecule has 4 N–H and O–H groups in total. The van der Waals surface area contributed by atoms with E-state index < -0.39 is 32.5 Å². The number of nitro groups is 1. The SMILES string of the molecule is CC(C)CC(CNc1ccc(S(N)(=O)=O)cc1[N+](=O)[O-])C(=O)O. The van der Waals surface area contributed by atoms with E-state index in [9.17, 15) is 23.3 Å². The van der Waals surface area contributed by atoms with Gasteiger partial charge in [-0.3, -0.25) is 14.9 Å². The van der Waals surface area contributed by atoms with Crippen molar-refractivity contribution >= 4 is 27.4 Å². The van der Waals surface area contributed by atoms with E-state index in [-0.39, 0.29) is 23.0 Å². The van der Waals surface area contributed by atoms with Crippen molar-refractivity contribution in [2.24, 2.45) is 17.0 Å². The molecule has 1 aromatic rings. The Balaban J connectivity index is 3.04. The third-order valence-electron chi connectivity index (χ3n) is 3.14. The molecule has 10 heteroatoms. The van der Waals surface area contributed by atoms with Gasteiger partial charge in [-0.1, -0.05) is 13.8 Å². The molecule has 0 aliphatic rings. The summed E-state index contributed by atoms with van der Waals surface area (Å²) in [4.78, 5) is 21.1. The van der Waals surface area contributed by atoms with E-state index >= 15 is 0 Å². The van der Waals surface area contributed by atoms with Crippen LogP contribution in [0, 0.1) is 22.0 Å². The van der Waals surface area contributed by atoms with Crippen molar-refractivity contribution in [3.8, 4) is 0 Å². The van der Waals surface area contributed by atoms with E-state index in [4.69, 9.17) is 10.2 Å². The summed E-state index contributed by atoms with van der Waals surface area (Å²) < 4.78 is 22.5. The minimum Gasteiger partial charge on any atom is -0.481 e. The minimum atomic E-state index is -4.06. The van der Waals surface area contributed by atoms with E-state index in [1.54, 1.807) is 0 Å². The van der Waals surface area contributed by atoms with Crippen LogP contribution in [0.5, 0.6) is 0 Å². The van der Waals surface area contributed by atoms with E-state index in [1.807, 2.05) is 13.8 Å². The van der Waals surface area contributed by atoms with E-state index in [2.05, 4.69) is 5.32 Å². The molecule has 0 amide bonds. The highest BCUT2D eigenvalue weighted by Crippen LogP contribution is 2.27. The highest BCUT2D eigenvalue weighted by molar-refractivity contribution is 7.89. The maximum Gasteiger partial charge on any atom is 0.308 e. The van der Waals surface area contributed by atoms with Gasteiger partial charge >= 0.3 is 5.97 Å². The molecule has 9 nitrogen and oxygen atoms in total. The number of sulfonamides is 1. The number of nitrogens with two attached hydrogens (primary N) is 1. The Morgan fingerprint density at radius 1 is 1.43 bits per heavy atom. The fourth-order valence-electron chi connectivity index (χ4n) is 2.06. The van der Waals surface area contributed by atoms with Crippen molar-refractivity contribution < 1.29 is 23.2 Å². The van der Waals surface area contributed by atoms with Crippen LogP contribution in [0.3, 0.4) is 0 Å². The Labute approximate surface area is 133 Å². The summed E-state index contributed by atoms with van der Waals surface area (Å²) >= 11 is 0. The Kier molecular flexibility index (Phi) is 6.05. The van der Waals surface area contributed by atoms with Crippen molar-refractivity contribution in [1.82, 2.24) is 0 Å². The van der Waals surface area contributed by atoms with Crippen LogP contribution in [0.2, 0.25) is 0 Å². The number of carboxylic acid groups (broad SMARTS) is 1. The number of nitro benzene ring substituents is 1. The molecule has 0 aliphatic heterocycles. The summed E-state index contributed by atoms with van der Waals surface area (Å²) in [5.41, 5.74) is -0.442. The maximum absolute atomic E-state index is 11.3. The zero-order valence-electron chi connectivity index (χ0n) is 12.7. The molecule has 128 valence electrons. The molecule has 0 fully saturated rings. The lowest BCUT2D eigenvalue weighted by molar-refractivity contribution is -0.384. The summed E-state index contributed by atoms with van der Waals surface area (Å²) in [5, 5.41) is 27.9. The number of rotatable bonds is 8. The van der Waals surface area contributed by atoms with Crippen molar-refractivity contribution in [3.05, 3.63) is 28.3 Å². The van der Waals surface area contributed by atoms with Crippen LogP contribution < -0.4 is 10.5 Å². The van der Waals surface area contributed by atoms with Gasteiger partial charge in [0.2, 0.25) is 10.0 Å². The lowest BCUT2D eigenvalue weighted by Crippen LogP contribution is -2.24. The number of hydrogen-bond acceptors (Lipinski definition) is 6. The maximum atomic E-state index is 11.3. The normalized spacial score (nSPS) is 12.9. The number of carboxylic acids is 1. The number of anilines is 1. The number of aliphatic carboxylic acids is 1. The summed E-state index contributed by atoms with van der Waals surface area (Å²) in [7, 11) is -4.06. The number of benzene rings is 1. The number of nitrogens with one attached hydrogen (secondary N) is 1.